The van der Waals surface area contributed by atoms with Crippen LogP contribution in [0.2, 0.25) is 0 Å². The van der Waals surface area contributed by atoms with Crippen LogP contribution in [-0.2, 0) is 0 Å². The Labute approximate surface area is 271 Å². The summed E-state index contributed by atoms with van der Waals surface area (Å²) in [5, 5.41) is 7.33. The van der Waals surface area contributed by atoms with E-state index in [-0.39, 0.29) is 0 Å². The summed E-state index contributed by atoms with van der Waals surface area (Å²) in [4.78, 5) is 0. The van der Waals surface area contributed by atoms with E-state index in [4.69, 9.17) is 4.42 Å². The molecule has 0 aliphatic carbocycles. The fraction of sp³-hybridized carbons (Fsp3) is 0.0455. The lowest BCUT2D eigenvalue weighted by Crippen LogP contribution is -1.93. The molecule has 0 unspecified atom stereocenters. The lowest BCUT2D eigenvalue weighted by Gasteiger charge is -2.09. The first-order valence-corrected chi connectivity index (χ1v) is 16.2. The average molecular weight is 603 g/mol. The summed E-state index contributed by atoms with van der Waals surface area (Å²) >= 11 is 0. The minimum Gasteiger partial charge on any atom is -0.456 e. The van der Waals surface area contributed by atoms with Crippen molar-refractivity contribution in [2.45, 2.75) is 13.8 Å². The predicted molar refractivity (Wildman–Crippen MR) is 197 cm³/mol. The molecule has 0 N–H and O–H groups in total. The summed E-state index contributed by atoms with van der Waals surface area (Å²) in [7, 11) is 0. The van der Waals surface area contributed by atoms with Gasteiger partial charge >= 0.3 is 0 Å². The van der Waals surface area contributed by atoms with Crippen molar-refractivity contribution in [2.24, 2.45) is 0 Å². The highest BCUT2D eigenvalue weighted by atomic mass is 16.3. The van der Waals surface area contributed by atoms with Gasteiger partial charge < -0.3 is 13.6 Å². The molecule has 0 spiro atoms. The maximum absolute atomic E-state index is 6.16. The number of rotatable bonds is 3. The molecule has 222 valence electrons. The maximum Gasteiger partial charge on any atom is 0.135 e. The molecular formula is C44H30N2O. The number of aromatic nitrogens is 2. The van der Waals surface area contributed by atoms with Gasteiger partial charge in [0.05, 0.1) is 22.1 Å². The third kappa shape index (κ3) is 3.87. The number of hydrogen-bond acceptors (Lipinski definition) is 1. The predicted octanol–water partition coefficient (Wildman–Crippen LogP) is 12.1. The summed E-state index contributed by atoms with van der Waals surface area (Å²) in [5.41, 5.74) is 13.9. The molecule has 0 atom stereocenters. The van der Waals surface area contributed by atoms with Gasteiger partial charge in [0.2, 0.25) is 0 Å². The molecule has 0 fully saturated rings. The Hall–Kier alpha value is -6.06. The van der Waals surface area contributed by atoms with Crippen LogP contribution in [0.15, 0.2) is 150 Å². The molecule has 0 radical (unpaired) electrons. The van der Waals surface area contributed by atoms with Crippen LogP contribution in [0.4, 0.5) is 0 Å². The SMILES string of the molecule is Cc1ccc2c(c1)c1cc(-c3ccc4c(c3)c3cc(C)ccc3n4-c3ccc4oc5ccccc5c4c3)ccc1n2-c1ccccc1. The Morgan fingerprint density at radius 3 is 1.51 bits per heavy atom. The molecule has 10 aromatic rings. The van der Waals surface area contributed by atoms with Gasteiger partial charge in [-0.15, -0.1) is 0 Å². The summed E-state index contributed by atoms with van der Waals surface area (Å²) in [6.45, 7) is 4.35. The van der Waals surface area contributed by atoms with Crippen LogP contribution in [0.3, 0.4) is 0 Å². The van der Waals surface area contributed by atoms with Crippen molar-refractivity contribution in [3.63, 3.8) is 0 Å². The third-order valence-corrected chi connectivity index (χ3v) is 9.81. The number of aryl methyl sites for hydroxylation is 2. The number of nitrogens with zero attached hydrogens (tertiary/aromatic N) is 2. The molecule has 10 rings (SSSR count). The second kappa shape index (κ2) is 9.72. The maximum atomic E-state index is 6.16. The highest BCUT2D eigenvalue weighted by molar-refractivity contribution is 6.13. The first-order valence-electron chi connectivity index (χ1n) is 16.2. The zero-order valence-electron chi connectivity index (χ0n) is 26.2. The minimum atomic E-state index is 0.910. The Kier molecular flexibility index (Phi) is 5.41. The monoisotopic (exact) mass is 602 g/mol. The van der Waals surface area contributed by atoms with Crippen molar-refractivity contribution in [1.82, 2.24) is 9.13 Å². The van der Waals surface area contributed by atoms with Crippen LogP contribution in [0.5, 0.6) is 0 Å². The van der Waals surface area contributed by atoms with Gasteiger partial charge in [-0.1, -0.05) is 71.8 Å². The topological polar surface area (TPSA) is 23.0 Å². The molecule has 47 heavy (non-hydrogen) atoms. The number of furan rings is 1. The highest BCUT2D eigenvalue weighted by Gasteiger charge is 2.17. The van der Waals surface area contributed by atoms with Crippen molar-refractivity contribution in [2.75, 3.05) is 0 Å². The fourth-order valence-corrected chi connectivity index (χ4v) is 7.62. The Morgan fingerprint density at radius 2 is 0.872 bits per heavy atom. The molecule has 0 saturated heterocycles. The van der Waals surface area contributed by atoms with E-state index >= 15 is 0 Å². The molecule has 7 aromatic carbocycles. The molecular weight excluding hydrogens is 572 g/mol. The van der Waals surface area contributed by atoms with Crippen LogP contribution in [0.25, 0.3) is 88.1 Å². The van der Waals surface area contributed by atoms with Crippen molar-refractivity contribution < 1.29 is 4.42 Å². The molecule has 3 heterocycles. The van der Waals surface area contributed by atoms with E-state index in [1.165, 1.54) is 71.6 Å². The average Bonchev–Trinajstić information content (AvgIpc) is 3.75. The van der Waals surface area contributed by atoms with Gasteiger partial charge in [-0.25, -0.2) is 0 Å². The number of hydrogen-bond donors (Lipinski definition) is 0. The second-order valence-electron chi connectivity index (χ2n) is 12.8. The van der Waals surface area contributed by atoms with E-state index in [9.17, 15) is 0 Å². The van der Waals surface area contributed by atoms with E-state index in [2.05, 4.69) is 156 Å². The quantitative estimate of drug-likeness (QED) is 0.197. The van der Waals surface area contributed by atoms with Crippen LogP contribution in [-0.4, -0.2) is 9.13 Å². The van der Waals surface area contributed by atoms with Crippen molar-refractivity contribution in [3.05, 3.63) is 157 Å². The highest BCUT2D eigenvalue weighted by Crippen LogP contribution is 2.39. The smallest absolute Gasteiger partial charge is 0.135 e. The molecule has 0 bridgehead atoms. The zero-order chi connectivity index (χ0) is 31.2. The van der Waals surface area contributed by atoms with E-state index < -0.39 is 0 Å². The van der Waals surface area contributed by atoms with E-state index in [1.807, 2.05) is 12.1 Å². The molecule has 0 aliphatic heterocycles. The molecule has 0 saturated carbocycles. The normalized spacial score (nSPS) is 12.0. The minimum absolute atomic E-state index is 0.910. The van der Waals surface area contributed by atoms with Gasteiger partial charge in [0.25, 0.3) is 0 Å². The van der Waals surface area contributed by atoms with Crippen LogP contribution in [0.1, 0.15) is 11.1 Å². The number of fused-ring (bicyclic) bond motifs is 9. The largest absolute Gasteiger partial charge is 0.456 e. The Bertz CT molecular complexity index is 2860. The van der Waals surface area contributed by atoms with E-state index in [1.54, 1.807) is 0 Å². The van der Waals surface area contributed by atoms with Gasteiger partial charge in [0.1, 0.15) is 11.2 Å². The van der Waals surface area contributed by atoms with Gasteiger partial charge in [0, 0.05) is 43.7 Å². The number of para-hydroxylation sites is 2. The molecule has 0 amide bonds. The number of benzene rings is 7. The lowest BCUT2D eigenvalue weighted by atomic mass is 10.00. The van der Waals surface area contributed by atoms with Crippen molar-refractivity contribution in [3.8, 4) is 22.5 Å². The molecule has 3 heteroatoms. The molecule has 3 nitrogen and oxygen atoms in total. The van der Waals surface area contributed by atoms with Gasteiger partial charge in [-0.2, -0.15) is 0 Å². The zero-order valence-corrected chi connectivity index (χ0v) is 26.2. The molecule has 0 aliphatic rings. The van der Waals surface area contributed by atoms with E-state index in [0.717, 1.165) is 27.6 Å². The third-order valence-electron chi connectivity index (χ3n) is 9.81. The summed E-state index contributed by atoms with van der Waals surface area (Å²) in [5.74, 6) is 0. The van der Waals surface area contributed by atoms with Gasteiger partial charge in [-0.05, 0) is 110 Å². The van der Waals surface area contributed by atoms with Gasteiger partial charge in [0.15, 0.2) is 0 Å². The van der Waals surface area contributed by atoms with Crippen LogP contribution in [0, 0.1) is 13.8 Å². The first-order chi connectivity index (χ1) is 23.1. The summed E-state index contributed by atoms with van der Waals surface area (Å²) < 4.78 is 10.9. The standard InChI is InChI=1S/C44H30N2O/c1-27-12-17-39-34(22-27)36-24-29(14-19-41(36)45(39)31-8-4-3-5-9-31)30-15-20-42-37(25-30)35-23-28(2)13-18-40(35)46(42)32-16-21-44-38(26-32)33-10-6-7-11-43(33)47-44/h3-26H,1-2H3. The van der Waals surface area contributed by atoms with Crippen molar-refractivity contribution >= 4 is 65.6 Å². The Morgan fingerprint density at radius 1 is 0.362 bits per heavy atom. The second-order valence-corrected chi connectivity index (χ2v) is 12.8. The van der Waals surface area contributed by atoms with Crippen LogP contribution < -0.4 is 0 Å². The Balaban J connectivity index is 1.19. The van der Waals surface area contributed by atoms with Crippen LogP contribution >= 0.6 is 0 Å². The van der Waals surface area contributed by atoms with Crippen molar-refractivity contribution in [1.29, 1.82) is 0 Å². The van der Waals surface area contributed by atoms with Gasteiger partial charge in [-0.3, -0.25) is 0 Å². The summed E-state index contributed by atoms with van der Waals surface area (Å²) in [6, 6.07) is 53.0. The first kappa shape index (κ1) is 26.2. The molecule has 3 aromatic heterocycles. The van der Waals surface area contributed by atoms with E-state index in [0.29, 0.717) is 0 Å². The lowest BCUT2D eigenvalue weighted by molar-refractivity contribution is 0.669. The summed E-state index contributed by atoms with van der Waals surface area (Å²) in [6.07, 6.45) is 0. The fourth-order valence-electron chi connectivity index (χ4n) is 7.62.